The smallest absolute Gasteiger partial charge is 0.251 e. The van der Waals surface area contributed by atoms with E-state index in [2.05, 4.69) is 22.6 Å². The van der Waals surface area contributed by atoms with E-state index in [0.29, 0.717) is 18.0 Å². The molecule has 2 aliphatic heterocycles. The lowest BCUT2D eigenvalue weighted by Gasteiger charge is -2.29. The SMILES string of the molecule is CC(C)C(=O)N1CCCCCCCNCc2cc(C(=O)NCC3CCN(C)CC3)ccc21. The van der Waals surface area contributed by atoms with Gasteiger partial charge in [0, 0.05) is 36.8 Å². The van der Waals surface area contributed by atoms with Gasteiger partial charge in [-0.1, -0.05) is 33.1 Å². The molecule has 0 saturated carbocycles. The Labute approximate surface area is 194 Å². The maximum Gasteiger partial charge on any atom is 0.251 e. The Morgan fingerprint density at radius 3 is 2.53 bits per heavy atom. The van der Waals surface area contributed by atoms with E-state index in [0.717, 1.165) is 69.7 Å². The van der Waals surface area contributed by atoms with Gasteiger partial charge in [0.1, 0.15) is 0 Å². The zero-order valence-electron chi connectivity index (χ0n) is 20.3. The van der Waals surface area contributed by atoms with Crippen molar-refractivity contribution < 1.29 is 9.59 Å². The van der Waals surface area contributed by atoms with Crippen molar-refractivity contribution in [1.82, 2.24) is 15.5 Å². The molecule has 0 aliphatic carbocycles. The zero-order valence-corrected chi connectivity index (χ0v) is 20.3. The van der Waals surface area contributed by atoms with Crippen LogP contribution in [0.4, 0.5) is 5.69 Å². The first kappa shape index (κ1) is 24.7. The maximum absolute atomic E-state index is 13.0. The largest absolute Gasteiger partial charge is 0.352 e. The number of nitrogens with one attached hydrogen (secondary N) is 2. The number of anilines is 1. The van der Waals surface area contributed by atoms with Gasteiger partial charge in [-0.2, -0.15) is 0 Å². The molecule has 0 unspecified atom stereocenters. The van der Waals surface area contributed by atoms with Gasteiger partial charge in [-0.25, -0.2) is 0 Å². The fourth-order valence-corrected chi connectivity index (χ4v) is 4.67. The van der Waals surface area contributed by atoms with Crippen LogP contribution < -0.4 is 15.5 Å². The monoisotopic (exact) mass is 442 g/mol. The summed E-state index contributed by atoms with van der Waals surface area (Å²) in [4.78, 5) is 30.2. The number of nitrogens with zero attached hydrogens (tertiary/aromatic N) is 2. The van der Waals surface area contributed by atoms with Crippen LogP contribution in [0.25, 0.3) is 0 Å². The van der Waals surface area contributed by atoms with Crippen molar-refractivity contribution in [1.29, 1.82) is 0 Å². The first-order valence-electron chi connectivity index (χ1n) is 12.6. The second kappa shape index (κ2) is 12.4. The van der Waals surface area contributed by atoms with Gasteiger partial charge in [0.05, 0.1) is 0 Å². The van der Waals surface area contributed by atoms with Crippen LogP contribution in [-0.4, -0.2) is 56.5 Å². The third kappa shape index (κ3) is 7.04. The number of piperidine rings is 1. The highest BCUT2D eigenvalue weighted by molar-refractivity contribution is 5.98. The number of rotatable bonds is 4. The second-order valence-corrected chi connectivity index (χ2v) is 9.89. The molecular formula is C26H42N4O2. The molecule has 0 radical (unpaired) electrons. The Hall–Kier alpha value is -1.92. The van der Waals surface area contributed by atoms with E-state index in [1.165, 1.54) is 19.3 Å². The van der Waals surface area contributed by atoms with Crippen molar-refractivity contribution in [3.8, 4) is 0 Å². The third-order valence-corrected chi connectivity index (χ3v) is 6.83. The molecule has 0 bridgehead atoms. The van der Waals surface area contributed by atoms with E-state index in [9.17, 15) is 9.59 Å². The van der Waals surface area contributed by atoms with Gasteiger partial charge >= 0.3 is 0 Å². The van der Waals surface area contributed by atoms with Crippen molar-refractivity contribution >= 4 is 17.5 Å². The molecule has 2 N–H and O–H groups in total. The Kier molecular flexibility index (Phi) is 9.54. The predicted octanol–water partition coefficient (Wildman–Crippen LogP) is 3.80. The van der Waals surface area contributed by atoms with Crippen LogP contribution in [0.5, 0.6) is 0 Å². The molecule has 178 valence electrons. The molecule has 3 rings (SSSR count). The highest BCUT2D eigenvalue weighted by Gasteiger charge is 2.23. The van der Waals surface area contributed by atoms with E-state index in [-0.39, 0.29) is 17.7 Å². The summed E-state index contributed by atoms with van der Waals surface area (Å²) in [6.45, 7) is 9.24. The number of likely N-dealkylation sites (tertiary alicyclic amines) is 1. The van der Waals surface area contributed by atoms with Crippen molar-refractivity contribution in [2.75, 3.05) is 44.7 Å². The van der Waals surface area contributed by atoms with E-state index in [1.54, 1.807) is 0 Å². The third-order valence-electron chi connectivity index (χ3n) is 6.83. The predicted molar refractivity (Wildman–Crippen MR) is 131 cm³/mol. The topological polar surface area (TPSA) is 64.7 Å². The normalized spacial score (nSPS) is 19.7. The van der Waals surface area contributed by atoms with E-state index in [4.69, 9.17) is 0 Å². The molecule has 0 spiro atoms. The number of hydrogen-bond acceptors (Lipinski definition) is 4. The number of carbonyl (C=O) groups is 2. The van der Waals surface area contributed by atoms with Crippen LogP contribution in [0.15, 0.2) is 18.2 Å². The lowest BCUT2D eigenvalue weighted by Crippen LogP contribution is -2.37. The lowest BCUT2D eigenvalue weighted by molar-refractivity contribution is -0.121. The average Bonchev–Trinajstić information content (AvgIpc) is 2.78. The van der Waals surface area contributed by atoms with Gasteiger partial charge in [-0.3, -0.25) is 9.59 Å². The number of carbonyl (C=O) groups excluding carboxylic acids is 2. The van der Waals surface area contributed by atoms with Crippen LogP contribution >= 0.6 is 0 Å². The average molecular weight is 443 g/mol. The molecular weight excluding hydrogens is 400 g/mol. The standard InChI is InChI=1S/C26H42N4O2/c1-20(2)26(32)30-14-8-6-4-5-7-13-27-19-23-17-22(9-10-24(23)30)25(31)28-18-21-11-15-29(3)16-12-21/h9-10,17,20-21,27H,4-8,11-16,18-19H2,1-3H3,(H,28,31). The summed E-state index contributed by atoms with van der Waals surface area (Å²) in [7, 11) is 2.15. The van der Waals surface area contributed by atoms with Crippen LogP contribution in [0.3, 0.4) is 0 Å². The molecule has 2 heterocycles. The summed E-state index contributed by atoms with van der Waals surface area (Å²) in [6, 6.07) is 5.85. The van der Waals surface area contributed by atoms with Crippen LogP contribution in [0.2, 0.25) is 0 Å². The summed E-state index contributed by atoms with van der Waals surface area (Å²) in [5, 5.41) is 6.68. The highest BCUT2D eigenvalue weighted by Crippen LogP contribution is 2.26. The highest BCUT2D eigenvalue weighted by atomic mass is 16.2. The van der Waals surface area contributed by atoms with Gasteiger partial charge in [-0.05, 0) is 82.0 Å². The van der Waals surface area contributed by atoms with Crippen molar-refractivity contribution in [2.45, 2.75) is 65.3 Å². The first-order valence-corrected chi connectivity index (χ1v) is 12.6. The minimum atomic E-state index is -0.0544. The van der Waals surface area contributed by atoms with Gasteiger partial charge < -0.3 is 20.4 Å². The molecule has 6 nitrogen and oxygen atoms in total. The summed E-state index contributed by atoms with van der Waals surface area (Å²) < 4.78 is 0. The molecule has 1 aromatic carbocycles. The molecule has 2 amide bonds. The second-order valence-electron chi connectivity index (χ2n) is 9.89. The molecule has 1 fully saturated rings. The number of fused-ring (bicyclic) bond motifs is 1. The summed E-state index contributed by atoms with van der Waals surface area (Å²) >= 11 is 0. The summed E-state index contributed by atoms with van der Waals surface area (Å²) in [5.41, 5.74) is 2.66. The molecule has 0 atom stereocenters. The van der Waals surface area contributed by atoms with Gasteiger partial charge in [0.15, 0.2) is 0 Å². The van der Waals surface area contributed by atoms with Gasteiger partial charge in [0.2, 0.25) is 5.91 Å². The van der Waals surface area contributed by atoms with E-state index >= 15 is 0 Å². The number of amides is 2. The van der Waals surface area contributed by atoms with Gasteiger partial charge in [-0.15, -0.1) is 0 Å². The van der Waals surface area contributed by atoms with Crippen molar-refractivity contribution in [2.24, 2.45) is 11.8 Å². The first-order chi connectivity index (χ1) is 15.5. The minimum Gasteiger partial charge on any atom is -0.352 e. The van der Waals surface area contributed by atoms with Crippen LogP contribution in [0, 0.1) is 11.8 Å². The Balaban J connectivity index is 1.76. The van der Waals surface area contributed by atoms with E-state index in [1.807, 2.05) is 36.9 Å². The molecule has 2 aliphatic rings. The number of benzene rings is 1. The van der Waals surface area contributed by atoms with Gasteiger partial charge in [0.25, 0.3) is 5.91 Å². The lowest BCUT2D eigenvalue weighted by atomic mass is 9.97. The maximum atomic E-state index is 13.0. The summed E-state index contributed by atoms with van der Waals surface area (Å²) in [5.74, 6) is 0.642. The summed E-state index contributed by atoms with van der Waals surface area (Å²) in [6.07, 6.45) is 8.04. The van der Waals surface area contributed by atoms with E-state index < -0.39 is 0 Å². The Bertz CT molecular complexity index is 756. The van der Waals surface area contributed by atoms with Crippen LogP contribution in [-0.2, 0) is 11.3 Å². The van der Waals surface area contributed by atoms with Crippen LogP contribution in [0.1, 0.15) is 74.7 Å². The molecule has 0 aromatic heterocycles. The van der Waals surface area contributed by atoms with Crippen molar-refractivity contribution in [3.63, 3.8) is 0 Å². The fourth-order valence-electron chi connectivity index (χ4n) is 4.67. The Morgan fingerprint density at radius 2 is 1.78 bits per heavy atom. The molecule has 1 saturated heterocycles. The Morgan fingerprint density at radius 1 is 1.06 bits per heavy atom. The molecule has 6 heteroatoms. The fraction of sp³-hybridized carbons (Fsp3) is 0.692. The number of hydrogen-bond donors (Lipinski definition) is 2. The molecule has 1 aromatic rings. The molecule has 32 heavy (non-hydrogen) atoms. The minimum absolute atomic E-state index is 0.0143. The quantitative estimate of drug-likeness (QED) is 0.744. The zero-order chi connectivity index (χ0) is 22.9. The van der Waals surface area contributed by atoms with Crippen molar-refractivity contribution in [3.05, 3.63) is 29.3 Å².